The van der Waals surface area contributed by atoms with Crippen molar-refractivity contribution >= 4 is 54.6 Å². The number of benzene rings is 4. The Balaban J connectivity index is 1.53. The summed E-state index contributed by atoms with van der Waals surface area (Å²) in [7, 11) is -5.24. The van der Waals surface area contributed by atoms with E-state index in [9.17, 15) is 21.6 Å². The molecule has 0 aliphatic carbocycles. The number of amides is 1. The molecule has 4 aromatic rings. The van der Waals surface area contributed by atoms with Crippen LogP contribution in [0.3, 0.4) is 0 Å². The van der Waals surface area contributed by atoms with Crippen LogP contribution in [0.4, 0.5) is 17.1 Å². The number of methoxy groups -OCH3 is 2. The van der Waals surface area contributed by atoms with Gasteiger partial charge in [0.15, 0.2) is 0 Å². The lowest BCUT2D eigenvalue weighted by Gasteiger charge is -2.24. The van der Waals surface area contributed by atoms with Gasteiger partial charge in [-0.2, -0.15) is 0 Å². The highest BCUT2D eigenvalue weighted by Gasteiger charge is 2.27. The minimum absolute atomic E-state index is 0.0308. The molecule has 4 rings (SSSR count). The summed E-state index contributed by atoms with van der Waals surface area (Å²) in [6, 6.07) is 22.5. The first-order chi connectivity index (χ1) is 19.9. The van der Waals surface area contributed by atoms with E-state index in [0.29, 0.717) is 16.5 Å². The van der Waals surface area contributed by atoms with Crippen molar-refractivity contribution in [3.63, 3.8) is 0 Å². The molecule has 220 valence electrons. The number of carbonyl (C=O) groups excluding carboxylic acids is 1. The van der Waals surface area contributed by atoms with Crippen LogP contribution in [0.25, 0.3) is 0 Å². The van der Waals surface area contributed by atoms with Gasteiger partial charge in [-0.25, -0.2) is 16.8 Å². The molecule has 13 heteroatoms. The molecule has 0 saturated carbocycles. The smallest absolute Gasteiger partial charge is 0.264 e. The number of nitrogens with one attached hydrogen (secondary N) is 2. The number of carbonyl (C=O) groups is 1. The fourth-order valence-corrected chi connectivity index (χ4v) is 6.58. The van der Waals surface area contributed by atoms with Crippen molar-refractivity contribution < 1.29 is 31.1 Å². The SMILES string of the molecule is COc1ccc(NS(=O)(=O)c2ccc(NC(=O)CN(c3cccc(C)c3)S(=O)(=O)c3ccc(Cl)cc3)cc2)c(OC)c1. The van der Waals surface area contributed by atoms with Gasteiger partial charge in [-0.05, 0) is 85.3 Å². The zero-order chi connectivity index (χ0) is 30.5. The number of anilines is 3. The van der Waals surface area contributed by atoms with E-state index >= 15 is 0 Å². The maximum atomic E-state index is 13.5. The highest BCUT2D eigenvalue weighted by Crippen LogP contribution is 2.31. The van der Waals surface area contributed by atoms with Gasteiger partial charge in [0.25, 0.3) is 20.0 Å². The molecule has 1 amide bonds. The summed E-state index contributed by atoms with van der Waals surface area (Å²) in [5, 5.41) is 3.01. The monoisotopic (exact) mass is 629 g/mol. The quantitative estimate of drug-likeness (QED) is 0.230. The summed E-state index contributed by atoms with van der Waals surface area (Å²) >= 11 is 5.93. The molecular formula is C29H28ClN3O7S2. The lowest BCUT2D eigenvalue weighted by molar-refractivity contribution is -0.114. The Morgan fingerprint density at radius 3 is 2.12 bits per heavy atom. The third-order valence-corrected chi connectivity index (χ3v) is 9.50. The number of hydrogen-bond donors (Lipinski definition) is 2. The second kappa shape index (κ2) is 12.7. The van der Waals surface area contributed by atoms with Crippen LogP contribution in [0.15, 0.2) is 101 Å². The molecule has 42 heavy (non-hydrogen) atoms. The molecule has 0 aliphatic heterocycles. The van der Waals surface area contributed by atoms with Crippen LogP contribution >= 0.6 is 11.6 Å². The van der Waals surface area contributed by atoms with Crippen LogP contribution in [-0.2, 0) is 24.8 Å². The van der Waals surface area contributed by atoms with Gasteiger partial charge in [-0.15, -0.1) is 0 Å². The Morgan fingerprint density at radius 1 is 0.833 bits per heavy atom. The number of ether oxygens (including phenoxy) is 2. The van der Waals surface area contributed by atoms with E-state index in [2.05, 4.69) is 10.0 Å². The number of halogens is 1. The predicted molar refractivity (Wildman–Crippen MR) is 163 cm³/mol. The van der Waals surface area contributed by atoms with Crippen molar-refractivity contribution in [3.8, 4) is 11.5 Å². The third kappa shape index (κ3) is 7.14. The summed E-state index contributed by atoms with van der Waals surface area (Å²) in [6.07, 6.45) is 0. The molecule has 0 fully saturated rings. The van der Waals surface area contributed by atoms with Crippen molar-refractivity contribution in [1.29, 1.82) is 0 Å². The van der Waals surface area contributed by atoms with Crippen LogP contribution in [0.2, 0.25) is 5.02 Å². The van der Waals surface area contributed by atoms with Crippen molar-refractivity contribution in [2.75, 3.05) is 35.1 Å². The second-order valence-corrected chi connectivity index (χ2v) is 13.0. The van der Waals surface area contributed by atoms with Crippen molar-refractivity contribution in [1.82, 2.24) is 0 Å². The molecule has 0 radical (unpaired) electrons. The fraction of sp³-hybridized carbons (Fsp3) is 0.138. The van der Waals surface area contributed by atoms with Gasteiger partial charge >= 0.3 is 0 Å². The molecule has 0 atom stereocenters. The molecule has 0 aromatic heterocycles. The Hall–Kier alpha value is -4.26. The van der Waals surface area contributed by atoms with Crippen molar-refractivity contribution in [3.05, 3.63) is 102 Å². The van der Waals surface area contributed by atoms with Crippen molar-refractivity contribution in [2.45, 2.75) is 16.7 Å². The van der Waals surface area contributed by atoms with Gasteiger partial charge < -0.3 is 14.8 Å². The van der Waals surface area contributed by atoms with Crippen LogP contribution in [0, 0.1) is 6.92 Å². The van der Waals surface area contributed by atoms with Crippen LogP contribution in [0.1, 0.15) is 5.56 Å². The molecule has 0 unspecified atom stereocenters. The highest BCUT2D eigenvalue weighted by molar-refractivity contribution is 7.93. The first kappa shape index (κ1) is 30.7. The Morgan fingerprint density at radius 2 is 1.50 bits per heavy atom. The lowest BCUT2D eigenvalue weighted by Crippen LogP contribution is -2.38. The first-order valence-corrected chi connectivity index (χ1v) is 15.7. The summed E-state index contributed by atoms with van der Waals surface area (Å²) in [5.41, 5.74) is 1.60. The van der Waals surface area contributed by atoms with Crippen LogP contribution in [-0.4, -0.2) is 43.5 Å². The van der Waals surface area contributed by atoms with E-state index in [0.717, 1.165) is 9.87 Å². The van der Waals surface area contributed by atoms with Crippen molar-refractivity contribution in [2.24, 2.45) is 0 Å². The largest absolute Gasteiger partial charge is 0.497 e. The van der Waals surface area contributed by atoms with E-state index < -0.39 is 32.5 Å². The maximum absolute atomic E-state index is 13.5. The summed E-state index contributed by atoms with van der Waals surface area (Å²) in [6.45, 7) is 1.28. The van der Waals surface area contributed by atoms with Gasteiger partial charge in [0.05, 0.1) is 35.4 Å². The number of rotatable bonds is 11. The number of sulfonamides is 2. The minimum Gasteiger partial charge on any atom is -0.497 e. The van der Waals surface area contributed by atoms with E-state index in [1.807, 2.05) is 13.0 Å². The van der Waals surface area contributed by atoms with Gasteiger partial charge in [-0.3, -0.25) is 13.8 Å². The predicted octanol–water partition coefficient (Wildman–Crippen LogP) is 5.30. The number of aryl methyl sites for hydroxylation is 1. The molecule has 0 saturated heterocycles. The number of nitrogens with zero attached hydrogens (tertiary/aromatic N) is 1. The van der Waals surface area contributed by atoms with E-state index in [1.54, 1.807) is 30.3 Å². The molecule has 0 spiro atoms. The Bertz CT molecular complexity index is 1800. The zero-order valence-corrected chi connectivity index (χ0v) is 25.3. The fourth-order valence-electron chi connectivity index (χ4n) is 3.97. The van der Waals surface area contributed by atoms with E-state index in [4.69, 9.17) is 21.1 Å². The Kier molecular flexibility index (Phi) is 9.30. The van der Waals surface area contributed by atoms with Gasteiger partial charge in [0, 0.05) is 16.8 Å². The third-order valence-electron chi connectivity index (χ3n) is 6.08. The average Bonchev–Trinajstić information content (AvgIpc) is 2.96. The van der Waals surface area contributed by atoms with E-state index in [-0.39, 0.29) is 26.9 Å². The van der Waals surface area contributed by atoms with Crippen LogP contribution < -0.4 is 23.8 Å². The molecule has 10 nitrogen and oxygen atoms in total. The average molecular weight is 630 g/mol. The zero-order valence-electron chi connectivity index (χ0n) is 22.9. The van der Waals surface area contributed by atoms with Crippen LogP contribution in [0.5, 0.6) is 11.5 Å². The molecule has 0 heterocycles. The van der Waals surface area contributed by atoms with Gasteiger partial charge in [-0.1, -0.05) is 23.7 Å². The molecule has 4 aromatic carbocycles. The van der Waals surface area contributed by atoms with E-state index in [1.165, 1.54) is 68.8 Å². The van der Waals surface area contributed by atoms with Gasteiger partial charge in [0.2, 0.25) is 5.91 Å². The second-order valence-electron chi connectivity index (χ2n) is 9.05. The molecule has 0 bridgehead atoms. The topological polar surface area (TPSA) is 131 Å². The number of hydrogen-bond acceptors (Lipinski definition) is 7. The Labute approximate surface area is 250 Å². The summed E-state index contributed by atoms with van der Waals surface area (Å²) in [4.78, 5) is 13.0. The molecular weight excluding hydrogens is 602 g/mol. The maximum Gasteiger partial charge on any atom is 0.264 e. The highest BCUT2D eigenvalue weighted by atomic mass is 35.5. The summed E-state index contributed by atoms with van der Waals surface area (Å²) < 4.78 is 66.9. The first-order valence-electron chi connectivity index (χ1n) is 12.4. The summed E-state index contributed by atoms with van der Waals surface area (Å²) in [5.74, 6) is 0.135. The molecule has 2 N–H and O–H groups in total. The minimum atomic E-state index is -4.13. The van der Waals surface area contributed by atoms with Gasteiger partial charge in [0.1, 0.15) is 18.0 Å². The normalized spacial score (nSPS) is 11.4. The molecule has 0 aliphatic rings. The lowest BCUT2D eigenvalue weighted by atomic mass is 10.2. The standard InChI is InChI=1S/C29H28ClN3O7S2/c1-20-5-4-6-23(17-20)33(42(37,38)26-12-7-21(30)8-13-26)19-29(34)31-22-9-14-25(15-10-22)41(35,36)32-27-16-11-24(39-2)18-28(27)40-3/h4-18,32H,19H2,1-3H3,(H,31,34).